The molecule has 1 aliphatic rings. The third-order valence-corrected chi connectivity index (χ3v) is 3.32. The highest BCUT2D eigenvalue weighted by molar-refractivity contribution is 5.48. The maximum absolute atomic E-state index is 13.7. The molecule has 2 atom stereocenters. The van der Waals surface area contributed by atoms with Crippen molar-refractivity contribution in [2.75, 3.05) is 25.0 Å². The first-order valence-corrected chi connectivity index (χ1v) is 5.97. The van der Waals surface area contributed by atoms with Crippen LogP contribution in [0.3, 0.4) is 0 Å². The fourth-order valence-electron chi connectivity index (χ4n) is 2.50. The van der Waals surface area contributed by atoms with E-state index in [0.29, 0.717) is 17.6 Å². The Morgan fingerprint density at radius 3 is 2.71 bits per heavy atom. The molecule has 0 radical (unpaired) electrons. The van der Waals surface area contributed by atoms with Crippen LogP contribution in [0.4, 0.5) is 14.5 Å². The Morgan fingerprint density at radius 2 is 2.06 bits per heavy atom. The number of hydrogen-bond donors (Lipinski definition) is 1. The topological polar surface area (TPSA) is 15.3 Å². The molecule has 0 aromatic heterocycles. The SMILES string of the molecule is CNC1CC(C)CN(c2ccc(F)cc2F)C1. The minimum Gasteiger partial charge on any atom is -0.367 e. The summed E-state index contributed by atoms with van der Waals surface area (Å²) in [6, 6.07) is 4.15. The van der Waals surface area contributed by atoms with Crippen LogP contribution in [-0.2, 0) is 0 Å². The molecule has 2 nitrogen and oxygen atoms in total. The van der Waals surface area contributed by atoms with E-state index in [0.717, 1.165) is 25.6 Å². The van der Waals surface area contributed by atoms with Gasteiger partial charge in [0.2, 0.25) is 0 Å². The molecule has 1 heterocycles. The molecule has 4 heteroatoms. The second-order valence-electron chi connectivity index (χ2n) is 4.83. The maximum atomic E-state index is 13.7. The van der Waals surface area contributed by atoms with Gasteiger partial charge in [-0.3, -0.25) is 0 Å². The van der Waals surface area contributed by atoms with E-state index in [9.17, 15) is 8.78 Å². The fraction of sp³-hybridized carbons (Fsp3) is 0.538. The highest BCUT2D eigenvalue weighted by Crippen LogP contribution is 2.26. The smallest absolute Gasteiger partial charge is 0.149 e. The lowest BCUT2D eigenvalue weighted by Crippen LogP contribution is -2.48. The standard InChI is InChI=1S/C13H18F2N2/c1-9-5-11(16-2)8-17(7-9)13-4-3-10(14)6-12(13)15/h3-4,6,9,11,16H,5,7-8H2,1-2H3. The number of halogens is 2. The monoisotopic (exact) mass is 240 g/mol. The predicted molar refractivity (Wildman–Crippen MR) is 65.2 cm³/mol. The molecule has 1 fully saturated rings. The van der Waals surface area contributed by atoms with Crippen LogP contribution >= 0.6 is 0 Å². The van der Waals surface area contributed by atoms with E-state index < -0.39 is 11.6 Å². The van der Waals surface area contributed by atoms with Gasteiger partial charge >= 0.3 is 0 Å². The molecule has 2 unspecified atom stereocenters. The van der Waals surface area contributed by atoms with Crippen molar-refractivity contribution in [1.82, 2.24) is 5.32 Å². The zero-order valence-electron chi connectivity index (χ0n) is 10.2. The molecule has 1 aliphatic heterocycles. The van der Waals surface area contributed by atoms with Crippen LogP contribution in [0, 0.1) is 17.6 Å². The van der Waals surface area contributed by atoms with Gasteiger partial charge in [-0.25, -0.2) is 8.78 Å². The van der Waals surface area contributed by atoms with Gasteiger partial charge < -0.3 is 10.2 Å². The number of piperidine rings is 1. The summed E-state index contributed by atoms with van der Waals surface area (Å²) in [7, 11) is 1.92. The number of nitrogens with zero attached hydrogens (tertiary/aromatic N) is 1. The Morgan fingerprint density at radius 1 is 1.29 bits per heavy atom. The lowest BCUT2D eigenvalue weighted by atomic mass is 9.95. The predicted octanol–water partition coefficient (Wildman–Crippen LogP) is 2.40. The maximum Gasteiger partial charge on any atom is 0.149 e. The summed E-state index contributed by atoms with van der Waals surface area (Å²) in [5, 5.41) is 3.23. The lowest BCUT2D eigenvalue weighted by molar-refractivity contribution is 0.364. The first-order valence-electron chi connectivity index (χ1n) is 5.97. The molecule has 1 N–H and O–H groups in total. The van der Waals surface area contributed by atoms with Crippen LogP contribution in [0.5, 0.6) is 0 Å². The van der Waals surface area contributed by atoms with Gasteiger partial charge in [-0.2, -0.15) is 0 Å². The Hall–Kier alpha value is -1.16. The molecular formula is C13H18F2N2. The highest BCUT2D eigenvalue weighted by atomic mass is 19.1. The van der Waals surface area contributed by atoms with Gasteiger partial charge in [0.15, 0.2) is 0 Å². The van der Waals surface area contributed by atoms with Crippen molar-refractivity contribution in [3.63, 3.8) is 0 Å². The average Bonchev–Trinajstić information content (AvgIpc) is 2.28. The molecule has 0 spiro atoms. The van der Waals surface area contributed by atoms with Gasteiger partial charge in [-0.15, -0.1) is 0 Å². The van der Waals surface area contributed by atoms with Crippen LogP contribution in [0.25, 0.3) is 0 Å². The first-order chi connectivity index (χ1) is 8.10. The third kappa shape index (κ3) is 2.75. The second-order valence-corrected chi connectivity index (χ2v) is 4.83. The molecule has 1 aromatic rings. The van der Waals surface area contributed by atoms with Gasteiger partial charge in [0, 0.05) is 25.2 Å². The molecule has 0 bridgehead atoms. The van der Waals surface area contributed by atoms with Gasteiger partial charge in [0.25, 0.3) is 0 Å². The van der Waals surface area contributed by atoms with Crippen LogP contribution in [-0.4, -0.2) is 26.2 Å². The normalized spacial score (nSPS) is 25.1. The molecule has 2 rings (SSSR count). The Balaban J connectivity index is 2.20. The molecule has 0 saturated carbocycles. The van der Waals surface area contributed by atoms with Crippen molar-refractivity contribution in [1.29, 1.82) is 0 Å². The summed E-state index contributed by atoms with van der Waals surface area (Å²) in [5.41, 5.74) is 0.498. The van der Waals surface area contributed by atoms with Gasteiger partial charge in [-0.1, -0.05) is 6.92 Å². The van der Waals surface area contributed by atoms with E-state index >= 15 is 0 Å². The summed E-state index contributed by atoms with van der Waals surface area (Å²) >= 11 is 0. The lowest BCUT2D eigenvalue weighted by Gasteiger charge is -2.38. The van der Waals surface area contributed by atoms with Crippen molar-refractivity contribution < 1.29 is 8.78 Å². The van der Waals surface area contributed by atoms with E-state index in [-0.39, 0.29) is 0 Å². The summed E-state index contributed by atoms with van der Waals surface area (Å²) in [6.45, 7) is 3.74. The Kier molecular flexibility index (Phi) is 3.62. The number of anilines is 1. The summed E-state index contributed by atoms with van der Waals surface area (Å²) in [6.07, 6.45) is 1.09. The van der Waals surface area contributed by atoms with Crippen LogP contribution in [0.1, 0.15) is 13.3 Å². The molecule has 0 aliphatic carbocycles. The molecular weight excluding hydrogens is 222 g/mol. The van der Waals surface area contributed by atoms with Crippen molar-refractivity contribution in [3.8, 4) is 0 Å². The summed E-state index contributed by atoms with van der Waals surface area (Å²) in [5.74, 6) is -0.499. The Labute approximate surface area is 101 Å². The molecule has 1 aromatic carbocycles. The van der Waals surface area contributed by atoms with E-state index in [1.165, 1.54) is 12.1 Å². The van der Waals surface area contributed by atoms with Gasteiger partial charge in [-0.05, 0) is 31.5 Å². The minimum absolute atomic E-state index is 0.364. The number of benzene rings is 1. The molecule has 0 amide bonds. The van der Waals surface area contributed by atoms with Crippen LogP contribution in [0.2, 0.25) is 0 Å². The number of likely N-dealkylation sites (N-methyl/N-ethyl adjacent to an activating group) is 1. The molecule has 94 valence electrons. The first kappa shape index (κ1) is 12.3. The fourth-order valence-corrected chi connectivity index (χ4v) is 2.50. The van der Waals surface area contributed by atoms with E-state index in [1.54, 1.807) is 0 Å². The average molecular weight is 240 g/mol. The van der Waals surface area contributed by atoms with Crippen molar-refractivity contribution in [2.45, 2.75) is 19.4 Å². The third-order valence-electron chi connectivity index (χ3n) is 3.32. The van der Waals surface area contributed by atoms with Gasteiger partial charge in [0.1, 0.15) is 11.6 Å². The van der Waals surface area contributed by atoms with E-state index in [1.807, 2.05) is 11.9 Å². The summed E-state index contributed by atoms with van der Waals surface area (Å²) < 4.78 is 26.6. The number of rotatable bonds is 2. The number of nitrogens with one attached hydrogen (secondary N) is 1. The van der Waals surface area contributed by atoms with Gasteiger partial charge in [0.05, 0.1) is 5.69 Å². The highest BCUT2D eigenvalue weighted by Gasteiger charge is 2.25. The Bertz CT molecular complexity index is 395. The zero-order chi connectivity index (χ0) is 12.4. The quantitative estimate of drug-likeness (QED) is 0.854. The zero-order valence-corrected chi connectivity index (χ0v) is 10.2. The molecule has 17 heavy (non-hydrogen) atoms. The van der Waals surface area contributed by atoms with Crippen LogP contribution in [0.15, 0.2) is 18.2 Å². The van der Waals surface area contributed by atoms with E-state index in [4.69, 9.17) is 0 Å². The minimum atomic E-state index is -0.526. The van der Waals surface area contributed by atoms with Crippen molar-refractivity contribution in [2.24, 2.45) is 5.92 Å². The second kappa shape index (κ2) is 5.00. The largest absolute Gasteiger partial charge is 0.367 e. The van der Waals surface area contributed by atoms with Crippen molar-refractivity contribution in [3.05, 3.63) is 29.8 Å². The van der Waals surface area contributed by atoms with Crippen LogP contribution < -0.4 is 10.2 Å². The number of hydrogen-bond acceptors (Lipinski definition) is 2. The van der Waals surface area contributed by atoms with E-state index in [2.05, 4.69) is 12.2 Å². The summed E-state index contributed by atoms with van der Waals surface area (Å²) in [4.78, 5) is 1.99. The van der Waals surface area contributed by atoms with Crippen molar-refractivity contribution >= 4 is 5.69 Å². The molecule has 1 saturated heterocycles.